The lowest BCUT2D eigenvalue weighted by atomic mass is 10.2. The molecule has 1 amide bonds. The van der Waals surface area contributed by atoms with Crippen LogP contribution in [0.1, 0.15) is 10.4 Å². The van der Waals surface area contributed by atoms with E-state index in [2.05, 4.69) is 15.3 Å². The highest BCUT2D eigenvalue weighted by Crippen LogP contribution is 2.33. The average Bonchev–Trinajstić information content (AvgIpc) is 2.93. The molecule has 0 aliphatic rings. The van der Waals surface area contributed by atoms with Gasteiger partial charge in [0.05, 0.1) is 31.5 Å². The van der Waals surface area contributed by atoms with Gasteiger partial charge in [-0.2, -0.15) is 0 Å². The molecule has 0 fully saturated rings. The first-order chi connectivity index (χ1) is 10.1. The minimum Gasteiger partial charge on any atom is -0.319 e. The Kier molecular flexibility index (Phi) is 3.99. The van der Waals surface area contributed by atoms with Gasteiger partial charge < -0.3 is 5.32 Å². The molecule has 1 aromatic carbocycles. The maximum atomic E-state index is 12.3. The van der Waals surface area contributed by atoms with Gasteiger partial charge in [-0.25, -0.2) is 9.97 Å². The van der Waals surface area contributed by atoms with Crippen molar-refractivity contribution in [1.82, 2.24) is 9.97 Å². The van der Waals surface area contributed by atoms with Crippen LogP contribution in [0.3, 0.4) is 0 Å². The van der Waals surface area contributed by atoms with Crippen LogP contribution in [0, 0.1) is 0 Å². The number of carbonyl (C=O) groups is 1. The Labute approximate surface area is 138 Å². The van der Waals surface area contributed by atoms with Gasteiger partial charge in [0, 0.05) is 6.20 Å². The predicted molar refractivity (Wildman–Crippen MR) is 86.8 cm³/mol. The molecular weight excluding hydrogens is 353 g/mol. The van der Waals surface area contributed by atoms with Crippen LogP contribution in [-0.4, -0.2) is 15.9 Å². The van der Waals surface area contributed by atoms with Crippen molar-refractivity contribution in [3.8, 4) is 0 Å². The number of aromatic nitrogens is 2. The van der Waals surface area contributed by atoms with E-state index in [0.29, 0.717) is 16.2 Å². The highest BCUT2D eigenvalue weighted by atomic mass is 35.5. The van der Waals surface area contributed by atoms with Crippen molar-refractivity contribution in [2.45, 2.75) is 0 Å². The summed E-state index contributed by atoms with van der Waals surface area (Å²) >= 11 is 19.4. The quantitative estimate of drug-likeness (QED) is 0.663. The second-order valence-electron chi connectivity index (χ2n) is 4.06. The average molecular weight is 359 g/mol. The molecule has 0 saturated carbocycles. The molecule has 0 radical (unpaired) electrons. The molecule has 21 heavy (non-hydrogen) atoms. The lowest BCUT2D eigenvalue weighted by Crippen LogP contribution is -2.13. The Bertz CT molecular complexity index is 850. The fourth-order valence-electron chi connectivity index (χ4n) is 1.79. The van der Waals surface area contributed by atoms with Crippen molar-refractivity contribution in [3.05, 3.63) is 50.7 Å². The van der Waals surface area contributed by atoms with Gasteiger partial charge >= 0.3 is 0 Å². The van der Waals surface area contributed by atoms with E-state index in [-0.39, 0.29) is 15.7 Å². The second-order valence-corrected chi connectivity index (χ2v) is 6.15. The molecule has 0 atom stereocenters. The second kappa shape index (κ2) is 5.77. The van der Waals surface area contributed by atoms with Gasteiger partial charge in [-0.05, 0) is 18.2 Å². The van der Waals surface area contributed by atoms with Crippen LogP contribution < -0.4 is 5.32 Å². The van der Waals surface area contributed by atoms with E-state index in [4.69, 9.17) is 34.8 Å². The summed E-state index contributed by atoms with van der Waals surface area (Å²) in [4.78, 5) is 20.4. The molecule has 0 aliphatic carbocycles. The number of hydrogen-bond acceptors (Lipinski definition) is 4. The van der Waals surface area contributed by atoms with Crippen molar-refractivity contribution in [1.29, 1.82) is 0 Å². The number of thiazole rings is 1. The first-order valence-corrected chi connectivity index (χ1v) is 7.71. The molecule has 3 aromatic rings. The molecule has 1 N–H and O–H groups in total. The number of rotatable bonds is 2. The first-order valence-electron chi connectivity index (χ1n) is 5.70. The topological polar surface area (TPSA) is 54.9 Å². The Hall–Kier alpha value is -1.40. The van der Waals surface area contributed by atoms with Crippen LogP contribution in [0.4, 0.5) is 5.69 Å². The number of benzene rings is 1. The Balaban J connectivity index is 2.02. The third-order valence-electron chi connectivity index (χ3n) is 2.76. The highest BCUT2D eigenvalue weighted by molar-refractivity contribution is 7.16. The number of hydrogen-bond donors (Lipinski definition) is 1. The van der Waals surface area contributed by atoms with E-state index in [1.807, 2.05) is 6.07 Å². The van der Waals surface area contributed by atoms with Crippen LogP contribution in [-0.2, 0) is 0 Å². The summed E-state index contributed by atoms with van der Waals surface area (Å²) in [6.45, 7) is 0. The number of nitrogens with zero attached hydrogens (tertiary/aromatic N) is 2. The van der Waals surface area contributed by atoms with Crippen molar-refractivity contribution < 1.29 is 4.79 Å². The van der Waals surface area contributed by atoms with Crippen LogP contribution >= 0.6 is 46.1 Å². The van der Waals surface area contributed by atoms with E-state index in [0.717, 1.165) is 4.70 Å². The molecule has 8 heteroatoms. The van der Waals surface area contributed by atoms with Gasteiger partial charge in [0.2, 0.25) is 0 Å². The SMILES string of the molecule is O=C(Nc1c(Cl)ccc2scnc12)c1cc(Cl)ncc1Cl. The number of anilines is 1. The normalized spacial score (nSPS) is 10.8. The van der Waals surface area contributed by atoms with Crippen LogP contribution in [0.25, 0.3) is 10.2 Å². The molecule has 2 aromatic heterocycles. The number of halogens is 3. The van der Waals surface area contributed by atoms with Gasteiger partial charge in [-0.3, -0.25) is 4.79 Å². The summed E-state index contributed by atoms with van der Waals surface area (Å²) in [6, 6.07) is 4.95. The number of pyridine rings is 1. The maximum Gasteiger partial charge on any atom is 0.257 e. The number of fused-ring (bicyclic) bond motifs is 1. The van der Waals surface area contributed by atoms with E-state index in [1.54, 1.807) is 11.6 Å². The van der Waals surface area contributed by atoms with E-state index >= 15 is 0 Å². The molecule has 0 saturated heterocycles. The summed E-state index contributed by atoms with van der Waals surface area (Å²) in [5, 5.41) is 3.52. The summed E-state index contributed by atoms with van der Waals surface area (Å²) in [5.41, 5.74) is 2.99. The lowest BCUT2D eigenvalue weighted by molar-refractivity contribution is 0.102. The van der Waals surface area contributed by atoms with Crippen LogP contribution in [0.2, 0.25) is 15.2 Å². The molecular formula is C13H6Cl3N3OS. The number of carbonyl (C=O) groups excluding carboxylic acids is 1. The van der Waals surface area contributed by atoms with Crippen molar-refractivity contribution in [3.63, 3.8) is 0 Å². The van der Waals surface area contributed by atoms with Gasteiger partial charge in [0.15, 0.2) is 0 Å². The van der Waals surface area contributed by atoms with E-state index < -0.39 is 5.91 Å². The number of amides is 1. The largest absolute Gasteiger partial charge is 0.319 e. The van der Waals surface area contributed by atoms with Crippen molar-refractivity contribution >= 4 is 68.0 Å². The maximum absolute atomic E-state index is 12.3. The smallest absolute Gasteiger partial charge is 0.257 e. The van der Waals surface area contributed by atoms with E-state index in [9.17, 15) is 4.79 Å². The predicted octanol–water partition coefficient (Wildman–Crippen LogP) is 4.90. The Morgan fingerprint density at radius 3 is 2.76 bits per heavy atom. The highest BCUT2D eigenvalue weighted by Gasteiger charge is 2.16. The minimum atomic E-state index is -0.424. The summed E-state index contributed by atoms with van der Waals surface area (Å²) in [5.74, 6) is -0.424. The standard InChI is InChI=1S/C13H6Cl3N3OS/c14-7-1-2-9-12(18-5-21-9)11(7)19-13(20)6-3-10(16)17-4-8(6)15/h1-5H,(H,19,20). The van der Waals surface area contributed by atoms with Gasteiger partial charge in [0.1, 0.15) is 10.7 Å². The zero-order valence-electron chi connectivity index (χ0n) is 10.2. The van der Waals surface area contributed by atoms with Crippen molar-refractivity contribution in [2.75, 3.05) is 5.32 Å². The molecule has 106 valence electrons. The van der Waals surface area contributed by atoms with E-state index in [1.165, 1.54) is 23.6 Å². The molecule has 0 unspecified atom stereocenters. The molecule has 0 spiro atoms. The van der Waals surface area contributed by atoms with Crippen molar-refractivity contribution in [2.24, 2.45) is 0 Å². The van der Waals surface area contributed by atoms with Crippen LogP contribution in [0.5, 0.6) is 0 Å². The third kappa shape index (κ3) is 2.82. The fourth-order valence-corrected chi connectivity index (χ4v) is 3.03. The summed E-state index contributed by atoms with van der Waals surface area (Å²) in [7, 11) is 0. The molecule has 0 aliphatic heterocycles. The third-order valence-corrected chi connectivity index (χ3v) is 4.37. The molecule has 2 heterocycles. The first kappa shape index (κ1) is 14.5. The Morgan fingerprint density at radius 1 is 1.14 bits per heavy atom. The van der Waals surface area contributed by atoms with Gasteiger partial charge in [0.25, 0.3) is 5.91 Å². The van der Waals surface area contributed by atoms with Gasteiger partial charge in [-0.15, -0.1) is 11.3 Å². The molecule has 0 bridgehead atoms. The molecule has 4 nitrogen and oxygen atoms in total. The fraction of sp³-hybridized carbons (Fsp3) is 0. The van der Waals surface area contributed by atoms with Gasteiger partial charge in [-0.1, -0.05) is 34.8 Å². The minimum absolute atomic E-state index is 0.183. The monoisotopic (exact) mass is 357 g/mol. The summed E-state index contributed by atoms with van der Waals surface area (Å²) in [6.07, 6.45) is 1.32. The molecule has 3 rings (SSSR count). The number of nitrogens with one attached hydrogen (secondary N) is 1. The zero-order valence-corrected chi connectivity index (χ0v) is 13.3. The summed E-state index contributed by atoms with van der Waals surface area (Å²) < 4.78 is 0.925. The lowest BCUT2D eigenvalue weighted by Gasteiger charge is -2.09. The van der Waals surface area contributed by atoms with Crippen LogP contribution in [0.15, 0.2) is 29.9 Å². The zero-order chi connectivity index (χ0) is 15.0. The Morgan fingerprint density at radius 2 is 1.95 bits per heavy atom.